The van der Waals surface area contributed by atoms with Gasteiger partial charge in [-0.15, -0.1) is 0 Å². The lowest BCUT2D eigenvalue weighted by Crippen LogP contribution is -2.31. The van der Waals surface area contributed by atoms with Crippen LogP contribution in [0.15, 0.2) is 0 Å². The summed E-state index contributed by atoms with van der Waals surface area (Å²) in [4.78, 5) is 0. The molecule has 0 saturated carbocycles. The van der Waals surface area contributed by atoms with Crippen molar-refractivity contribution in [1.29, 1.82) is 0 Å². The molecule has 0 aromatic heterocycles. The van der Waals surface area contributed by atoms with E-state index in [0.717, 1.165) is 51.7 Å². The number of rotatable bonds is 9. The average Bonchev–Trinajstić information content (AvgIpc) is 2.14. The van der Waals surface area contributed by atoms with Crippen molar-refractivity contribution in [3.8, 4) is 0 Å². The van der Waals surface area contributed by atoms with Gasteiger partial charge in [-0.25, -0.2) is 0 Å². The molecule has 0 amide bonds. The molecule has 5 N–H and O–H groups in total. The molecule has 0 spiro atoms. The fourth-order valence-corrected chi connectivity index (χ4v) is 1.37. The third-order valence-corrected chi connectivity index (χ3v) is 2.12. The van der Waals surface area contributed by atoms with Crippen LogP contribution in [0.3, 0.4) is 0 Å². The lowest BCUT2D eigenvalue weighted by Gasteiger charge is -2.17. The first-order valence-electron chi connectivity index (χ1n) is 5.28. The Morgan fingerprint density at radius 2 is 1.77 bits per heavy atom. The van der Waals surface area contributed by atoms with E-state index in [-0.39, 0.29) is 0 Å². The van der Waals surface area contributed by atoms with Gasteiger partial charge in [0.25, 0.3) is 0 Å². The maximum absolute atomic E-state index is 5.46. The maximum atomic E-state index is 5.46. The van der Waals surface area contributed by atoms with Gasteiger partial charge in [0, 0.05) is 6.04 Å². The van der Waals surface area contributed by atoms with Gasteiger partial charge >= 0.3 is 0 Å². The van der Waals surface area contributed by atoms with Crippen LogP contribution >= 0.6 is 0 Å². The monoisotopic (exact) mass is 186 g/mol. The molecule has 3 heteroatoms. The lowest BCUT2D eigenvalue weighted by molar-refractivity contribution is 0.443. The highest BCUT2D eigenvalue weighted by Crippen LogP contribution is 2.03. The number of hydrogen-bond donors (Lipinski definition) is 3. The molecule has 1 unspecified atom stereocenters. The van der Waals surface area contributed by atoms with Crippen LogP contribution in [0.2, 0.25) is 0 Å². The fourth-order valence-electron chi connectivity index (χ4n) is 1.37. The Hall–Kier alpha value is -0.120. The van der Waals surface area contributed by atoms with Crippen molar-refractivity contribution in [3.63, 3.8) is 0 Å². The highest BCUT2D eigenvalue weighted by atomic mass is 14.9. The van der Waals surface area contributed by atoms with Crippen LogP contribution < -0.4 is 16.8 Å². The molecule has 3 nitrogen and oxygen atoms in total. The Labute approximate surface area is 82.3 Å². The standard InChI is InChI=1S/C10H24N3/c1-2-5-10(6-3-7-11)13-9-4-8-12/h10,13H,1-9,11-12H2. The summed E-state index contributed by atoms with van der Waals surface area (Å²) in [5.41, 5.74) is 10.9. The molecule has 79 valence electrons. The van der Waals surface area contributed by atoms with Crippen molar-refractivity contribution in [2.75, 3.05) is 19.6 Å². The van der Waals surface area contributed by atoms with E-state index >= 15 is 0 Å². The van der Waals surface area contributed by atoms with Gasteiger partial charge in [-0.3, -0.25) is 0 Å². The largest absolute Gasteiger partial charge is 0.330 e. The summed E-state index contributed by atoms with van der Waals surface area (Å²) in [5, 5.41) is 3.48. The summed E-state index contributed by atoms with van der Waals surface area (Å²) < 4.78 is 0. The predicted octanol–water partition coefficient (Wildman–Crippen LogP) is 0.647. The molecule has 0 heterocycles. The SMILES string of the molecule is [CH2]CCC(CCCN)NCCCN. The molecule has 0 aliphatic heterocycles. The summed E-state index contributed by atoms with van der Waals surface area (Å²) in [7, 11) is 0. The Bertz CT molecular complexity index is 96.2. The zero-order valence-electron chi connectivity index (χ0n) is 8.60. The van der Waals surface area contributed by atoms with Gasteiger partial charge in [0.1, 0.15) is 0 Å². The zero-order valence-corrected chi connectivity index (χ0v) is 8.60. The minimum Gasteiger partial charge on any atom is -0.330 e. The summed E-state index contributed by atoms with van der Waals surface area (Å²) in [6.07, 6.45) is 5.45. The molecule has 0 saturated heterocycles. The predicted molar refractivity (Wildman–Crippen MR) is 58.3 cm³/mol. The first kappa shape index (κ1) is 12.9. The Morgan fingerprint density at radius 1 is 1.08 bits per heavy atom. The first-order valence-corrected chi connectivity index (χ1v) is 5.28. The van der Waals surface area contributed by atoms with Crippen LogP contribution in [-0.4, -0.2) is 25.7 Å². The van der Waals surface area contributed by atoms with Gasteiger partial charge in [-0.1, -0.05) is 13.3 Å². The van der Waals surface area contributed by atoms with Crippen LogP contribution in [0.1, 0.15) is 32.1 Å². The normalized spacial score (nSPS) is 13.2. The van der Waals surface area contributed by atoms with E-state index < -0.39 is 0 Å². The van der Waals surface area contributed by atoms with Gasteiger partial charge in [0.2, 0.25) is 0 Å². The molecule has 0 aliphatic rings. The third kappa shape index (κ3) is 8.22. The van der Waals surface area contributed by atoms with E-state index in [4.69, 9.17) is 11.5 Å². The van der Waals surface area contributed by atoms with E-state index in [1.807, 2.05) is 0 Å². The summed E-state index contributed by atoms with van der Waals surface area (Å²) in [6.45, 7) is 6.43. The van der Waals surface area contributed by atoms with Gasteiger partial charge in [-0.05, 0) is 45.3 Å². The van der Waals surface area contributed by atoms with Crippen molar-refractivity contribution in [1.82, 2.24) is 5.32 Å². The molecule has 13 heavy (non-hydrogen) atoms. The fraction of sp³-hybridized carbons (Fsp3) is 0.900. The molecule has 0 aromatic rings. The zero-order chi connectivity index (χ0) is 9.94. The van der Waals surface area contributed by atoms with E-state index in [9.17, 15) is 0 Å². The molecule has 0 rings (SSSR count). The molecule has 0 fully saturated rings. The van der Waals surface area contributed by atoms with E-state index in [0.29, 0.717) is 6.04 Å². The first-order chi connectivity index (χ1) is 6.35. The molecular weight excluding hydrogens is 162 g/mol. The van der Waals surface area contributed by atoms with Gasteiger partial charge < -0.3 is 16.8 Å². The molecule has 1 atom stereocenters. The third-order valence-electron chi connectivity index (χ3n) is 2.12. The van der Waals surface area contributed by atoms with Crippen molar-refractivity contribution in [3.05, 3.63) is 6.92 Å². The Balaban J connectivity index is 3.41. The highest BCUT2D eigenvalue weighted by molar-refractivity contribution is 4.67. The number of nitrogens with one attached hydrogen (secondary N) is 1. The Kier molecular flexibility index (Phi) is 9.87. The smallest absolute Gasteiger partial charge is 0.00675 e. The van der Waals surface area contributed by atoms with Crippen molar-refractivity contribution in [2.24, 2.45) is 11.5 Å². The van der Waals surface area contributed by atoms with Crippen LogP contribution in [0.25, 0.3) is 0 Å². The Morgan fingerprint density at radius 3 is 2.31 bits per heavy atom. The van der Waals surface area contributed by atoms with Crippen molar-refractivity contribution >= 4 is 0 Å². The number of hydrogen-bond acceptors (Lipinski definition) is 3. The molecule has 1 radical (unpaired) electrons. The maximum Gasteiger partial charge on any atom is 0.00675 e. The van der Waals surface area contributed by atoms with E-state index in [2.05, 4.69) is 12.2 Å². The minimum atomic E-state index is 0.590. The van der Waals surface area contributed by atoms with Crippen LogP contribution in [0.5, 0.6) is 0 Å². The van der Waals surface area contributed by atoms with Crippen LogP contribution in [-0.2, 0) is 0 Å². The summed E-state index contributed by atoms with van der Waals surface area (Å²) >= 11 is 0. The summed E-state index contributed by atoms with van der Waals surface area (Å²) in [6, 6.07) is 0.590. The second-order valence-electron chi connectivity index (χ2n) is 3.37. The second-order valence-corrected chi connectivity index (χ2v) is 3.37. The molecule has 0 aliphatic carbocycles. The summed E-state index contributed by atoms with van der Waals surface area (Å²) in [5.74, 6) is 0. The second kappa shape index (κ2) is 9.96. The topological polar surface area (TPSA) is 64.1 Å². The number of nitrogens with two attached hydrogens (primary N) is 2. The average molecular weight is 186 g/mol. The van der Waals surface area contributed by atoms with E-state index in [1.165, 1.54) is 0 Å². The van der Waals surface area contributed by atoms with Gasteiger partial charge in [0.15, 0.2) is 0 Å². The minimum absolute atomic E-state index is 0.590. The molecule has 0 aromatic carbocycles. The molecule has 0 bridgehead atoms. The highest BCUT2D eigenvalue weighted by Gasteiger charge is 2.04. The van der Waals surface area contributed by atoms with Gasteiger partial charge in [-0.2, -0.15) is 0 Å². The molecular formula is C10H24N3. The van der Waals surface area contributed by atoms with E-state index in [1.54, 1.807) is 0 Å². The van der Waals surface area contributed by atoms with Crippen molar-refractivity contribution in [2.45, 2.75) is 38.1 Å². The lowest BCUT2D eigenvalue weighted by atomic mass is 10.1. The van der Waals surface area contributed by atoms with Crippen LogP contribution in [0, 0.1) is 6.92 Å². The van der Waals surface area contributed by atoms with Gasteiger partial charge in [0.05, 0.1) is 0 Å². The van der Waals surface area contributed by atoms with Crippen LogP contribution in [0.4, 0.5) is 0 Å². The quantitative estimate of drug-likeness (QED) is 0.463. The van der Waals surface area contributed by atoms with Crippen molar-refractivity contribution < 1.29 is 0 Å².